The van der Waals surface area contributed by atoms with Crippen molar-refractivity contribution in [3.63, 3.8) is 0 Å². The monoisotopic (exact) mass is 327 g/mol. The van der Waals surface area contributed by atoms with Crippen LogP contribution in [0.2, 0.25) is 0 Å². The molecule has 1 aromatic carbocycles. The summed E-state index contributed by atoms with van der Waals surface area (Å²) in [6.45, 7) is -2.82. The molecule has 1 saturated carbocycles. The average Bonchev–Trinajstić information content (AvgIpc) is 2.49. The number of hydrogen-bond donors (Lipinski definition) is 2. The van der Waals surface area contributed by atoms with Crippen molar-refractivity contribution in [2.75, 3.05) is 0 Å². The molecule has 0 spiro atoms. The van der Waals surface area contributed by atoms with Crippen LogP contribution < -0.4 is 15.5 Å². The van der Waals surface area contributed by atoms with Crippen LogP contribution in [0, 0.1) is 0 Å². The van der Waals surface area contributed by atoms with Crippen molar-refractivity contribution in [2.24, 2.45) is 5.10 Å². The molecule has 120 valence electrons. The van der Waals surface area contributed by atoms with Crippen LogP contribution in [0.15, 0.2) is 29.4 Å². The zero-order valence-corrected chi connectivity index (χ0v) is 12.9. The Labute approximate surface area is 133 Å². The molecule has 1 aliphatic rings. The molecule has 0 radical (unpaired) electrons. The Bertz CT molecular complexity index is 502. The van der Waals surface area contributed by atoms with E-state index in [9.17, 15) is 8.78 Å². The zero-order valence-electron chi connectivity index (χ0n) is 12.1. The molecule has 0 saturated heterocycles. The first-order chi connectivity index (χ1) is 10.6. The lowest BCUT2D eigenvalue weighted by atomic mass is 9.96. The van der Waals surface area contributed by atoms with Crippen molar-refractivity contribution in [1.82, 2.24) is 10.7 Å². The maximum Gasteiger partial charge on any atom is 0.387 e. The molecule has 0 amide bonds. The number of ether oxygens (including phenoxy) is 1. The highest BCUT2D eigenvalue weighted by Gasteiger charge is 2.13. The molecular weight excluding hydrogens is 308 g/mol. The van der Waals surface area contributed by atoms with Crippen LogP contribution in [0.5, 0.6) is 5.75 Å². The largest absolute Gasteiger partial charge is 0.435 e. The first-order valence-electron chi connectivity index (χ1n) is 7.28. The second-order valence-electron chi connectivity index (χ2n) is 5.13. The van der Waals surface area contributed by atoms with E-state index in [2.05, 4.69) is 20.6 Å². The van der Waals surface area contributed by atoms with E-state index in [-0.39, 0.29) is 5.75 Å². The minimum absolute atomic E-state index is 0.120. The van der Waals surface area contributed by atoms with Gasteiger partial charge in [-0.25, -0.2) is 0 Å². The van der Waals surface area contributed by atoms with E-state index in [0.717, 1.165) is 18.4 Å². The molecule has 1 aliphatic carbocycles. The molecule has 1 aromatic rings. The van der Waals surface area contributed by atoms with Crippen molar-refractivity contribution >= 4 is 23.5 Å². The number of nitrogens with zero attached hydrogens (tertiary/aromatic N) is 1. The smallest absolute Gasteiger partial charge is 0.387 e. The normalized spacial score (nSPS) is 16.0. The van der Waals surface area contributed by atoms with Crippen LogP contribution in [0.1, 0.15) is 37.7 Å². The first kappa shape index (κ1) is 16.6. The summed E-state index contributed by atoms with van der Waals surface area (Å²) in [4.78, 5) is 0. The van der Waals surface area contributed by atoms with Crippen LogP contribution in [-0.2, 0) is 0 Å². The SMILES string of the molecule is FC(F)Oc1ccc(C=NNC(=S)NC2CCCCC2)cc1. The Kier molecular flexibility index (Phi) is 6.51. The van der Waals surface area contributed by atoms with Crippen LogP contribution in [0.3, 0.4) is 0 Å². The van der Waals surface area contributed by atoms with Crippen LogP contribution in [-0.4, -0.2) is 24.0 Å². The molecular formula is C15H19F2N3OS. The summed E-state index contributed by atoms with van der Waals surface area (Å²) in [5.41, 5.74) is 3.52. The van der Waals surface area contributed by atoms with Gasteiger partial charge < -0.3 is 10.1 Å². The fraction of sp³-hybridized carbons (Fsp3) is 0.467. The number of rotatable bonds is 5. The van der Waals surface area contributed by atoms with Gasteiger partial charge in [-0.15, -0.1) is 0 Å². The maximum atomic E-state index is 12.0. The first-order valence-corrected chi connectivity index (χ1v) is 7.69. The van der Waals surface area contributed by atoms with Gasteiger partial charge in [-0.2, -0.15) is 13.9 Å². The molecule has 0 bridgehead atoms. The number of hydrogen-bond acceptors (Lipinski definition) is 3. The summed E-state index contributed by atoms with van der Waals surface area (Å²) in [5.74, 6) is 0.120. The van der Waals surface area contributed by atoms with Gasteiger partial charge in [0.05, 0.1) is 6.21 Å². The van der Waals surface area contributed by atoms with E-state index in [1.54, 1.807) is 18.3 Å². The fourth-order valence-electron chi connectivity index (χ4n) is 2.37. The van der Waals surface area contributed by atoms with Crippen molar-refractivity contribution in [2.45, 2.75) is 44.8 Å². The number of alkyl halides is 2. The van der Waals surface area contributed by atoms with Crippen molar-refractivity contribution in [1.29, 1.82) is 0 Å². The summed E-state index contributed by atoms with van der Waals surface area (Å²) >= 11 is 5.18. The number of benzene rings is 1. The Morgan fingerprint density at radius 2 is 1.91 bits per heavy atom. The third-order valence-corrected chi connectivity index (χ3v) is 3.63. The molecule has 0 aliphatic heterocycles. The Morgan fingerprint density at radius 3 is 2.55 bits per heavy atom. The molecule has 0 atom stereocenters. The van der Waals surface area contributed by atoms with E-state index >= 15 is 0 Å². The van der Waals surface area contributed by atoms with Gasteiger partial charge >= 0.3 is 6.61 Å². The molecule has 0 heterocycles. The van der Waals surface area contributed by atoms with Crippen molar-refractivity contribution in [3.05, 3.63) is 29.8 Å². The van der Waals surface area contributed by atoms with Crippen molar-refractivity contribution in [3.8, 4) is 5.75 Å². The number of halogens is 2. The topological polar surface area (TPSA) is 45.6 Å². The molecule has 7 heteroatoms. The van der Waals surface area contributed by atoms with Gasteiger partial charge in [0.1, 0.15) is 5.75 Å². The minimum Gasteiger partial charge on any atom is -0.435 e. The Morgan fingerprint density at radius 1 is 1.23 bits per heavy atom. The summed E-state index contributed by atoms with van der Waals surface area (Å²) in [6.07, 6.45) is 7.60. The van der Waals surface area contributed by atoms with Crippen molar-refractivity contribution < 1.29 is 13.5 Å². The third kappa shape index (κ3) is 5.93. The molecule has 4 nitrogen and oxygen atoms in total. The lowest BCUT2D eigenvalue weighted by Crippen LogP contribution is -2.40. The van der Waals surface area contributed by atoms with E-state index in [0.29, 0.717) is 11.2 Å². The molecule has 2 N–H and O–H groups in total. The van der Waals surface area contributed by atoms with Gasteiger partial charge in [0.15, 0.2) is 5.11 Å². The van der Waals surface area contributed by atoms with E-state index in [1.807, 2.05) is 0 Å². The zero-order chi connectivity index (χ0) is 15.8. The van der Waals surface area contributed by atoms with Crippen LogP contribution in [0.4, 0.5) is 8.78 Å². The van der Waals surface area contributed by atoms with E-state index < -0.39 is 6.61 Å². The van der Waals surface area contributed by atoms with Gasteiger partial charge in [0, 0.05) is 6.04 Å². The van der Waals surface area contributed by atoms with Gasteiger partial charge in [-0.1, -0.05) is 19.3 Å². The highest BCUT2D eigenvalue weighted by atomic mass is 32.1. The Hall–Kier alpha value is -1.76. The predicted molar refractivity (Wildman–Crippen MR) is 86.4 cm³/mol. The van der Waals surface area contributed by atoms with Gasteiger partial charge in [0.25, 0.3) is 0 Å². The molecule has 2 rings (SSSR count). The van der Waals surface area contributed by atoms with E-state index in [1.165, 1.54) is 31.4 Å². The highest BCUT2D eigenvalue weighted by molar-refractivity contribution is 7.80. The van der Waals surface area contributed by atoms with Crippen LogP contribution in [0.25, 0.3) is 0 Å². The summed E-state index contributed by atoms with van der Waals surface area (Å²) < 4.78 is 28.3. The quantitative estimate of drug-likeness (QED) is 0.494. The summed E-state index contributed by atoms with van der Waals surface area (Å²) in [6, 6.07) is 6.63. The minimum atomic E-state index is -2.82. The standard InChI is InChI=1S/C15H19F2N3OS/c16-14(17)21-13-8-6-11(7-9-13)10-18-20-15(22)19-12-4-2-1-3-5-12/h6-10,12,14H,1-5H2,(H2,19,20,22). The van der Waals surface area contributed by atoms with E-state index in [4.69, 9.17) is 12.2 Å². The van der Waals surface area contributed by atoms with Crippen LogP contribution >= 0.6 is 12.2 Å². The molecule has 22 heavy (non-hydrogen) atoms. The highest BCUT2D eigenvalue weighted by Crippen LogP contribution is 2.17. The molecule has 0 unspecified atom stereocenters. The Balaban J connectivity index is 1.75. The lowest BCUT2D eigenvalue weighted by Gasteiger charge is -2.23. The molecule has 0 aromatic heterocycles. The fourth-order valence-corrected chi connectivity index (χ4v) is 2.58. The third-order valence-electron chi connectivity index (χ3n) is 3.43. The second kappa shape index (κ2) is 8.63. The lowest BCUT2D eigenvalue weighted by molar-refractivity contribution is -0.0498. The van der Waals surface area contributed by atoms with Gasteiger partial charge in [0.2, 0.25) is 0 Å². The van der Waals surface area contributed by atoms with Gasteiger partial charge in [-0.3, -0.25) is 5.43 Å². The predicted octanol–water partition coefficient (Wildman–Crippen LogP) is 3.42. The number of thiocarbonyl (C=S) groups is 1. The van der Waals surface area contributed by atoms with Gasteiger partial charge in [-0.05, 0) is 54.9 Å². The average molecular weight is 327 g/mol. The second-order valence-corrected chi connectivity index (χ2v) is 5.53. The summed E-state index contributed by atoms with van der Waals surface area (Å²) in [7, 11) is 0. The molecule has 1 fully saturated rings. The maximum absolute atomic E-state index is 12.0. The summed E-state index contributed by atoms with van der Waals surface area (Å²) in [5, 5.41) is 7.77. The number of hydrazone groups is 1. The number of nitrogens with one attached hydrogen (secondary N) is 2.